The van der Waals surface area contributed by atoms with E-state index in [4.69, 9.17) is 5.11 Å². The minimum absolute atomic E-state index is 0.0817. The summed E-state index contributed by atoms with van der Waals surface area (Å²) in [6.45, 7) is 0.522. The van der Waals surface area contributed by atoms with Gasteiger partial charge in [0.1, 0.15) is 5.82 Å². The van der Waals surface area contributed by atoms with Gasteiger partial charge in [-0.15, -0.1) is 0 Å². The summed E-state index contributed by atoms with van der Waals surface area (Å²) in [5.41, 5.74) is 2.47. The normalized spacial score (nSPS) is 10.4. The third-order valence-electron chi connectivity index (χ3n) is 2.71. The van der Waals surface area contributed by atoms with Crippen LogP contribution >= 0.6 is 0 Å². The minimum Gasteiger partial charge on any atom is -0.390 e. The summed E-state index contributed by atoms with van der Waals surface area (Å²) in [7, 11) is 1.92. The Kier molecular flexibility index (Phi) is 3.89. The summed E-state index contributed by atoms with van der Waals surface area (Å²) in [6, 6.07) is 10.2. The zero-order valence-electron chi connectivity index (χ0n) is 10.2. The fourth-order valence-corrected chi connectivity index (χ4v) is 1.79. The van der Waals surface area contributed by atoms with Gasteiger partial charge in [-0.25, -0.2) is 4.39 Å². The summed E-state index contributed by atoms with van der Waals surface area (Å²) in [4.78, 5) is 6.01. The molecule has 0 saturated carbocycles. The van der Waals surface area contributed by atoms with Gasteiger partial charge in [-0.05, 0) is 29.8 Å². The summed E-state index contributed by atoms with van der Waals surface area (Å²) in [6.07, 6.45) is 1.66. The number of halogens is 1. The van der Waals surface area contributed by atoms with Gasteiger partial charge in [0, 0.05) is 25.5 Å². The Morgan fingerprint density at radius 2 is 2.11 bits per heavy atom. The Morgan fingerprint density at radius 1 is 1.28 bits per heavy atom. The second-order valence-corrected chi connectivity index (χ2v) is 4.15. The first-order valence-corrected chi connectivity index (χ1v) is 5.70. The third-order valence-corrected chi connectivity index (χ3v) is 2.71. The molecule has 0 atom stereocenters. The average Bonchev–Trinajstić information content (AvgIpc) is 2.39. The van der Waals surface area contributed by atoms with Gasteiger partial charge in [0.05, 0.1) is 12.3 Å². The van der Waals surface area contributed by atoms with Crippen molar-refractivity contribution in [3.63, 3.8) is 0 Å². The molecule has 0 amide bonds. The van der Waals surface area contributed by atoms with E-state index in [-0.39, 0.29) is 12.4 Å². The highest BCUT2D eigenvalue weighted by molar-refractivity contribution is 5.46. The highest BCUT2D eigenvalue weighted by Crippen LogP contribution is 2.16. The van der Waals surface area contributed by atoms with Gasteiger partial charge in [-0.3, -0.25) is 4.98 Å². The molecule has 4 heteroatoms. The van der Waals surface area contributed by atoms with Crippen molar-refractivity contribution in [2.75, 3.05) is 11.9 Å². The van der Waals surface area contributed by atoms with Crippen molar-refractivity contribution in [3.05, 3.63) is 59.7 Å². The predicted molar refractivity (Wildman–Crippen MR) is 68.7 cm³/mol. The van der Waals surface area contributed by atoms with Gasteiger partial charge in [0.25, 0.3) is 0 Å². The van der Waals surface area contributed by atoms with Crippen LogP contribution in [-0.4, -0.2) is 17.1 Å². The van der Waals surface area contributed by atoms with E-state index < -0.39 is 0 Å². The lowest BCUT2D eigenvalue weighted by molar-refractivity contribution is 0.277. The van der Waals surface area contributed by atoms with Crippen LogP contribution in [0.1, 0.15) is 11.3 Å². The van der Waals surface area contributed by atoms with Gasteiger partial charge < -0.3 is 10.0 Å². The summed E-state index contributed by atoms with van der Waals surface area (Å²) in [5, 5.41) is 9.04. The number of aromatic nitrogens is 1. The van der Waals surface area contributed by atoms with Crippen LogP contribution in [0.15, 0.2) is 42.6 Å². The van der Waals surface area contributed by atoms with Crippen LogP contribution in [0.25, 0.3) is 0 Å². The van der Waals surface area contributed by atoms with E-state index in [0.717, 1.165) is 11.3 Å². The smallest absolute Gasteiger partial charge is 0.123 e. The molecule has 1 N–H and O–H groups in total. The van der Waals surface area contributed by atoms with E-state index in [1.54, 1.807) is 12.3 Å². The van der Waals surface area contributed by atoms with Crippen LogP contribution in [0, 0.1) is 5.82 Å². The lowest BCUT2D eigenvalue weighted by Gasteiger charge is -2.19. The molecule has 3 nitrogen and oxygen atoms in total. The zero-order chi connectivity index (χ0) is 13.0. The number of pyridine rings is 1. The Labute approximate surface area is 106 Å². The molecule has 0 aliphatic heterocycles. The van der Waals surface area contributed by atoms with Gasteiger partial charge in [0.15, 0.2) is 0 Å². The topological polar surface area (TPSA) is 36.4 Å². The lowest BCUT2D eigenvalue weighted by Crippen LogP contribution is -2.16. The van der Waals surface area contributed by atoms with Crippen LogP contribution in [0.4, 0.5) is 10.1 Å². The van der Waals surface area contributed by atoms with Crippen molar-refractivity contribution >= 4 is 5.69 Å². The van der Waals surface area contributed by atoms with Gasteiger partial charge in [-0.2, -0.15) is 0 Å². The van der Waals surface area contributed by atoms with Crippen molar-refractivity contribution < 1.29 is 9.50 Å². The van der Waals surface area contributed by atoms with Crippen molar-refractivity contribution in [2.45, 2.75) is 13.2 Å². The number of benzene rings is 1. The largest absolute Gasteiger partial charge is 0.390 e. The first-order chi connectivity index (χ1) is 8.69. The monoisotopic (exact) mass is 246 g/mol. The molecule has 1 aromatic heterocycles. The number of aliphatic hydroxyl groups excluding tert-OH is 1. The van der Waals surface area contributed by atoms with Gasteiger partial charge in [0.2, 0.25) is 0 Å². The molecule has 0 aliphatic carbocycles. The molecule has 0 fully saturated rings. The van der Waals surface area contributed by atoms with Crippen LogP contribution in [0.5, 0.6) is 0 Å². The lowest BCUT2D eigenvalue weighted by atomic mass is 10.2. The maximum Gasteiger partial charge on any atom is 0.123 e. The van der Waals surface area contributed by atoms with Gasteiger partial charge >= 0.3 is 0 Å². The summed E-state index contributed by atoms with van der Waals surface area (Å²) >= 11 is 0. The molecule has 0 spiro atoms. The number of aliphatic hydroxyl groups is 1. The zero-order valence-corrected chi connectivity index (χ0v) is 10.2. The predicted octanol–water partition coefficient (Wildman–Crippen LogP) is 2.35. The van der Waals surface area contributed by atoms with Crippen LogP contribution in [0.2, 0.25) is 0 Å². The van der Waals surface area contributed by atoms with E-state index in [1.165, 1.54) is 12.1 Å². The maximum atomic E-state index is 13.1. The molecule has 2 aromatic rings. The Balaban J connectivity index is 2.13. The van der Waals surface area contributed by atoms with Crippen molar-refractivity contribution in [1.29, 1.82) is 0 Å². The quantitative estimate of drug-likeness (QED) is 0.899. The van der Waals surface area contributed by atoms with E-state index in [1.807, 2.05) is 30.1 Å². The van der Waals surface area contributed by atoms with Crippen LogP contribution < -0.4 is 4.90 Å². The molecular formula is C14H15FN2O. The number of anilines is 1. The van der Waals surface area contributed by atoms with Crippen LogP contribution in [0.3, 0.4) is 0 Å². The third kappa shape index (κ3) is 3.05. The molecular weight excluding hydrogens is 231 g/mol. The molecule has 2 rings (SSSR count). The molecule has 0 radical (unpaired) electrons. The second kappa shape index (κ2) is 5.60. The van der Waals surface area contributed by atoms with E-state index >= 15 is 0 Å². The second-order valence-electron chi connectivity index (χ2n) is 4.15. The fourth-order valence-electron chi connectivity index (χ4n) is 1.79. The molecule has 94 valence electrons. The highest BCUT2D eigenvalue weighted by atomic mass is 19.1. The molecule has 0 saturated heterocycles. The van der Waals surface area contributed by atoms with Crippen molar-refractivity contribution in [2.24, 2.45) is 0 Å². The molecule has 0 unspecified atom stereocenters. The summed E-state index contributed by atoms with van der Waals surface area (Å²) < 4.78 is 13.1. The summed E-state index contributed by atoms with van der Waals surface area (Å²) in [5.74, 6) is -0.230. The van der Waals surface area contributed by atoms with Crippen LogP contribution in [-0.2, 0) is 13.2 Å². The van der Waals surface area contributed by atoms with Gasteiger partial charge in [-0.1, -0.05) is 12.1 Å². The number of rotatable bonds is 4. The standard InChI is InChI=1S/C14H15FN2O/c1-17(9-11-3-2-4-12(15)7-11)14-5-6-16-13(8-14)10-18/h2-8,18H,9-10H2,1H3. The van der Waals surface area contributed by atoms with E-state index in [0.29, 0.717) is 12.2 Å². The Morgan fingerprint density at radius 3 is 2.83 bits per heavy atom. The highest BCUT2D eigenvalue weighted by Gasteiger charge is 2.04. The average molecular weight is 246 g/mol. The molecule has 1 heterocycles. The van der Waals surface area contributed by atoms with E-state index in [2.05, 4.69) is 4.98 Å². The maximum absolute atomic E-state index is 13.1. The van der Waals surface area contributed by atoms with Crippen molar-refractivity contribution in [1.82, 2.24) is 4.98 Å². The Bertz CT molecular complexity index is 531. The Hall–Kier alpha value is -1.94. The van der Waals surface area contributed by atoms with E-state index in [9.17, 15) is 4.39 Å². The SMILES string of the molecule is CN(Cc1cccc(F)c1)c1ccnc(CO)c1. The first kappa shape index (κ1) is 12.5. The molecule has 1 aromatic carbocycles. The molecule has 0 bridgehead atoms. The fraction of sp³-hybridized carbons (Fsp3) is 0.214. The first-order valence-electron chi connectivity index (χ1n) is 5.70. The number of nitrogens with zero attached hydrogens (tertiary/aromatic N) is 2. The molecule has 18 heavy (non-hydrogen) atoms. The number of hydrogen-bond acceptors (Lipinski definition) is 3. The minimum atomic E-state index is -0.230. The number of hydrogen-bond donors (Lipinski definition) is 1. The van der Waals surface area contributed by atoms with Crippen molar-refractivity contribution in [3.8, 4) is 0 Å². The molecule has 0 aliphatic rings.